The molecule has 1 aliphatic carbocycles. The standard InChI is InChI=1S/C17H33N3/c1-6-17(13-18,19-16-8-9-16)10-7-11-20(5)15(4)12-14(2)3/h14-16,19H,6-12H2,1-5H3. The van der Waals surface area contributed by atoms with Crippen LogP contribution in [0.15, 0.2) is 0 Å². The van der Waals surface area contributed by atoms with Crippen LogP contribution in [0, 0.1) is 17.2 Å². The van der Waals surface area contributed by atoms with Crippen molar-refractivity contribution in [3.63, 3.8) is 0 Å². The molecule has 0 spiro atoms. The molecule has 0 heterocycles. The maximum absolute atomic E-state index is 9.52. The summed E-state index contributed by atoms with van der Waals surface area (Å²) >= 11 is 0. The van der Waals surface area contributed by atoms with Gasteiger partial charge in [-0.05, 0) is 65.0 Å². The molecular weight excluding hydrogens is 246 g/mol. The lowest BCUT2D eigenvalue weighted by molar-refractivity contribution is 0.215. The van der Waals surface area contributed by atoms with Crippen LogP contribution in [0.5, 0.6) is 0 Å². The van der Waals surface area contributed by atoms with Crippen molar-refractivity contribution in [3.8, 4) is 6.07 Å². The van der Waals surface area contributed by atoms with Crippen LogP contribution < -0.4 is 5.32 Å². The molecule has 0 aliphatic heterocycles. The minimum Gasteiger partial charge on any atom is -0.304 e. The quantitative estimate of drug-likeness (QED) is 0.664. The Morgan fingerprint density at radius 2 is 2.00 bits per heavy atom. The van der Waals surface area contributed by atoms with E-state index in [1.165, 1.54) is 19.3 Å². The Morgan fingerprint density at radius 3 is 2.45 bits per heavy atom. The molecule has 0 bridgehead atoms. The van der Waals surface area contributed by atoms with Crippen LogP contribution in [-0.4, -0.2) is 36.1 Å². The molecule has 0 saturated heterocycles. The van der Waals surface area contributed by atoms with Gasteiger partial charge in [-0.2, -0.15) is 5.26 Å². The summed E-state index contributed by atoms with van der Waals surface area (Å²) in [7, 11) is 2.21. The maximum atomic E-state index is 9.52. The Morgan fingerprint density at radius 1 is 1.35 bits per heavy atom. The van der Waals surface area contributed by atoms with Gasteiger partial charge in [-0.1, -0.05) is 20.8 Å². The first-order valence-corrected chi connectivity index (χ1v) is 8.31. The third kappa shape index (κ3) is 5.81. The Bertz CT molecular complexity index is 317. The average molecular weight is 279 g/mol. The zero-order valence-electron chi connectivity index (χ0n) is 14.1. The lowest BCUT2D eigenvalue weighted by atomic mass is 9.91. The van der Waals surface area contributed by atoms with E-state index in [2.05, 4.69) is 51.0 Å². The topological polar surface area (TPSA) is 39.1 Å². The van der Waals surface area contributed by atoms with E-state index in [1.54, 1.807) is 0 Å². The highest BCUT2D eigenvalue weighted by molar-refractivity contribution is 5.09. The van der Waals surface area contributed by atoms with Crippen LogP contribution in [0.3, 0.4) is 0 Å². The molecule has 1 aliphatic rings. The minimum absolute atomic E-state index is 0.288. The van der Waals surface area contributed by atoms with Crippen molar-refractivity contribution in [2.24, 2.45) is 5.92 Å². The van der Waals surface area contributed by atoms with E-state index in [0.29, 0.717) is 12.1 Å². The molecule has 0 aromatic heterocycles. The summed E-state index contributed by atoms with van der Waals surface area (Å²) in [6, 6.07) is 3.78. The van der Waals surface area contributed by atoms with Gasteiger partial charge in [0.2, 0.25) is 0 Å². The second-order valence-electron chi connectivity index (χ2n) is 7.03. The summed E-state index contributed by atoms with van der Waals surface area (Å²) in [6.45, 7) is 10.1. The van der Waals surface area contributed by atoms with Gasteiger partial charge in [0.15, 0.2) is 0 Å². The zero-order chi connectivity index (χ0) is 15.2. The molecule has 1 saturated carbocycles. The summed E-state index contributed by atoms with van der Waals surface area (Å²) in [5.41, 5.74) is -0.288. The van der Waals surface area contributed by atoms with Crippen molar-refractivity contribution < 1.29 is 0 Å². The number of hydrogen-bond donors (Lipinski definition) is 1. The Hall–Kier alpha value is -0.590. The fraction of sp³-hybridized carbons (Fsp3) is 0.941. The van der Waals surface area contributed by atoms with Crippen LogP contribution in [-0.2, 0) is 0 Å². The summed E-state index contributed by atoms with van der Waals surface area (Å²) in [5.74, 6) is 0.748. The van der Waals surface area contributed by atoms with Crippen LogP contribution in [0.25, 0.3) is 0 Å². The molecule has 3 nitrogen and oxygen atoms in total. The third-order valence-corrected chi connectivity index (χ3v) is 4.55. The molecule has 1 fully saturated rings. The second-order valence-corrected chi connectivity index (χ2v) is 7.03. The monoisotopic (exact) mass is 279 g/mol. The predicted octanol–water partition coefficient (Wildman–Crippen LogP) is 3.56. The Balaban J connectivity index is 2.34. The molecule has 3 heteroatoms. The molecule has 0 aromatic carbocycles. The molecule has 2 unspecified atom stereocenters. The first kappa shape index (κ1) is 17.5. The first-order valence-electron chi connectivity index (χ1n) is 8.31. The van der Waals surface area contributed by atoms with E-state index >= 15 is 0 Å². The molecular formula is C17H33N3. The molecule has 20 heavy (non-hydrogen) atoms. The predicted molar refractivity (Wildman–Crippen MR) is 85.6 cm³/mol. The van der Waals surface area contributed by atoms with Gasteiger partial charge in [0.1, 0.15) is 5.54 Å². The third-order valence-electron chi connectivity index (χ3n) is 4.55. The molecule has 2 atom stereocenters. The minimum atomic E-state index is -0.288. The maximum Gasteiger partial charge on any atom is 0.106 e. The van der Waals surface area contributed by atoms with E-state index in [9.17, 15) is 5.26 Å². The number of hydrogen-bond acceptors (Lipinski definition) is 3. The average Bonchev–Trinajstić information content (AvgIpc) is 3.20. The largest absolute Gasteiger partial charge is 0.304 e. The first-order chi connectivity index (χ1) is 9.42. The second kappa shape index (κ2) is 8.00. The van der Waals surface area contributed by atoms with E-state index in [-0.39, 0.29) is 5.54 Å². The van der Waals surface area contributed by atoms with E-state index in [4.69, 9.17) is 0 Å². The van der Waals surface area contributed by atoms with Gasteiger partial charge >= 0.3 is 0 Å². The van der Waals surface area contributed by atoms with Crippen molar-refractivity contribution in [3.05, 3.63) is 0 Å². The Labute approximate surface area is 125 Å². The molecule has 1 rings (SSSR count). The van der Waals surface area contributed by atoms with Crippen LogP contribution in [0.4, 0.5) is 0 Å². The Kier molecular flexibility index (Phi) is 6.99. The van der Waals surface area contributed by atoms with E-state index < -0.39 is 0 Å². The van der Waals surface area contributed by atoms with Crippen LogP contribution in [0.2, 0.25) is 0 Å². The molecule has 0 amide bonds. The summed E-state index contributed by atoms with van der Waals surface area (Å²) in [6.07, 6.45) is 6.71. The summed E-state index contributed by atoms with van der Waals surface area (Å²) in [5, 5.41) is 13.1. The van der Waals surface area contributed by atoms with Crippen molar-refractivity contribution >= 4 is 0 Å². The number of nitrogens with one attached hydrogen (secondary N) is 1. The molecule has 0 aromatic rings. The molecule has 1 N–H and O–H groups in total. The van der Waals surface area contributed by atoms with Gasteiger partial charge < -0.3 is 4.90 Å². The van der Waals surface area contributed by atoms with Crippen molar-refractivity contribution in [2.75, 3.05) is 13.6 Å². The highest BCUT2D eigenvalue weighted by Crippen LogP contribution is 2.26. The summed E-state index contributed by atoms with van der Waals surface area (Å²) < 4.78 is 0. The van der Waals surface area contributed by atoms with Gasteiger partial charge in [-0.15, -0.1) is 0 Å². The number of rotatable bonds is 10. The van der Waals surface area contributed by atoms with E-state index in [0.717, 1.165) is 31.7 Å². The SMILES string of the molecule is CCC(C#N)(CCCN(C)C(C)CC(C)C)NC1CC1. The van der Waals surface area contributed by atoms with Gasteiger partial charge in [0, 0.05) is 12.1 Å². The van der Waals surface area contributed by atoms with Crippen LogP contribution in [0.1, 0.15) is 66.2 Å². The highest BCUT2D eigenvalue weighted by atomic mass is 15.1. The van der Waals surface area contributed by atoms with Gasteiger partial charge in [0.25, 0.3) is 0 Å². The van der Waals surface area contributed by atoms with Crippen molar-refractivity contribution in [1.82, 2.24) is 10.2 Å². The fourth-order valence-electron chi connectivity index (χ4n) is 2.85. The lowest BCUT2D eigenvalue weighted by Crippen LogP contribution is -2.45. The molecule has 0 radical (unpaired) electrons. The van der Waals surface area contributed by atoms with Crippen molar-refractivity contribution in [1.29, 1.82) is 5.26 Å². The number of nitriles is 1. The normalized spacial score (nSPS) is 19.9. The van der Waals surface area contributed by atoms with Gasteiger partial charge in [0.05, 0.1) is 6.07 Å². The van der Waals surface area contributed by atoms with Crippen molar-refractivity contribution in [2.45, 2.75) is 83.8 Å². The van der Waals surface area contributed by atoms with Gasteiger partial charge in [-0.25, -0.2) is 0 Å². The lowest BCUT2D eigenvalue weighted by Gasteiger charge is -2.30. The zero-order valence-corrected chi connectivity index (χ0v) is 14.1. The van der Waals surface area contributed by atoms with Gasteiger partial charge in [-0.3, -0.25) is 5.32 Å². The smallest absolute Gasteiger partial charge is 0.106 e. The summed E-state index contributed by atoms with van der Waals surface area (Å²) in [4.78, 5) is 2.44. The van der Waals surface area contributed by atoms with Crippen LogP contribution >= 0.6 is 0 Å². The fourth-order valence-corrected chi connectivity index (χ4v) is 2.85. The molecule has 116 valence electrons. The number of nitrogens with zero attached hydrogens (tertiary/aromatic N) is 2. The van der Waals surface area contributed by atoms with E-state index in [1.807, 2.05) is 0 Å². The highest BCUT2D eigenvalue weighted by Gasteiger charge is 2.34.